The molecule has 22 heavy (non-hydrogen) atoms. The molecule has 1 saturated heterocycles. The lowest BCUT2D eigenvalue weighted by molar-refractivity contribution is 0.0690. The SMILES string of the molecule is O=C(c1cccnc1Cl)N1CCC(Cc2ccccc2)CC1. The average molecular weight is 315 g/mol. The zero-order chi connectivity index (χ0) is 15.4. The number of rotatable bonds is 3. The molecule has 1 aliphatic rings. The van der Waals surface area contributed by atoms with Crippen LogP contribution < -0.4 is 0 Å². The van der Waals surface area contributed by atoms with Gasteiger partial charge in [0, 0.05) is 19.3 Å². The lowest BCUT2D eigenvalue weighted by atomic mass is 9.90. The first-order valence-electron chi connectivity index (χ1n) is 7.68. The third-order valence-corrected chi connectivity index (χ3v) is 4.56. The van der Waals surface area contributed by atoms with Gasteiger partial charge < -0.3 is 4.90 Å². The highest BCUT2D eigenvalue weighted by Gasteiger charge is 2.25. The Morgan fingerprint density at radius 3 is 2.55 bits per heavy atom. The van der Waals surface area contributed by atoms with Crippen LogP contribution in [-0.2, 0) is 6.42 Å². The molecular formula is C18H19ClN2O. The summed E-state index contributed by atoms with van der Waals surface area (Å²) in [4.78, 5) is 18.4. The van der Waals surface area contributed by atoms with Gasteiger partial charge in [0.25, 0.3) is 5.91 Å². The quantitative estimate of drug-likeness (QED) is 0.807. The molecule has 0 aliphatic carbocycles. The van der Waals surface area contributed by atoms with Crippen LogP contribution in [0.1, 0.15) is 28.8 Å². The minimum Gasteiger partial charge on any atom is -0.339 e. The van der Waals surface area contributed by atoms with Gasteiger partial charge in [-0.05, 0) is 42.9 Å². The molecule has 4 heteroatoms. The summed E-state index contributed by atoms with van der Waals surface area (Å²) in [7, 11) is 0. The van der Waals surface area contributed by atoms with Gasteiger partial charge in [-0.25, -0.2) is 4.98 Å². The minimum atomic E-state index is -0.00346. The summed E-state index contributed by atoms with van der Waals surface area (Å²) in [6, 6.07) is 14.0. The molecule has 2 heterocycles. The van der Waals surface area contributed by atoms with Gasteiger partial charge in [-0.2, -0.15) is 0 Å². The van der Waals surface area contributed by atoms with Gasteiger partial charge in [0.1, 0.15) is 5.15 Å². The van der Waals surface area contributed by atoms with Crippen LogP contribution in [0, 0.1) is 5.92 Å². The van der Waals surface area contributed by atoms with E-state index in [0.717, 1.165) is 32.4 Å². The van der Waals surface area contributed by atoms with Crippen molar-refractivity contribution in [2.24, 2.45) is 5.92 Å². The summed E-state index contributed by atoms with van der Waals surface area (Å²) < 4.78 is 0. The number of amides is 1. The molecule has 1 fully saturated rings. The van der Waals surface area contributed by atoms with Crippen molar-refractivity contribution in [1.29, 1.82) is 0 Å². The summed E-state index contributed by atoms with van der Waals surface area (Å²) >= 11 is 6.02. The molecule has 0 unspecified atom stereocenters. The predicted molar refractivity (Wildman–Crippen MR) is 88.0 cm³/mol. The van der Waals surface area contributed by atoms with Gasteiger partial charge in [-0.1, -0.05) is 41.9 Å². The number of hydrogen-bond donors (Lipinski definition) is 0. The Morgan fingerprint density at radius 2 is 1.86 bits per heavy atom. The molecule has 1 aromatic carbocycles. The van der Waals surface area contributed by atoms with Crippen molar-refractivity contribution in [1.82, 2.24) is 9.88 Å². The molecule has 2 aromatic rings. The molecular weight excluding hydrogens is 296 g/mol. The van der Waals surface area contributed by atoms with E-state index in [9.17, 15) is 4.79 Å². The van der Waals surface area contributed by atoms with E-state index in [0.29, 0.717) is 16.6 Å². The smallest absolute Gasteiger partial charge is 0.256 e. The number of hydrogen-bond acceptors (Lipinski definition) is 2. The maximum absolute atomic E-state index is 12.5. The predicted octanol–water partition coefficient (Wildman–Crippen LogP) is 3.83. The summed E-state index contributed by atoms with van der Waals surface area (Å²) in [6.45, 7) is 1.59. The standard InChI is InChI=1S/C18H19ClN2O/c19-17-16(7-4-10-20-17)18(22)21-11-8-15(9-12-21)13-14-5-2-1-3-6-14/h1-7,10,15H,8-9,11-13H2. The number of pyridine rings is 1. The molecule has 1 aliphatic heterocycles. The normalized spacial score (nSPS) is 15.8. The molecule has 0 atom stereocenters. The minimum absolute atomic E-state index is 0.00346. The van der Waals surface area contributed by atoms with Gasteiger partial charge in [0.05, 0.1) is 5.56 Å². The molecule has 114 valence electrons. The third-order valence-electron chi connectivity index (χ3n) is 4.26. The average Bonchev–Trinajstić information content (AvgIpc) is 2.56. The Hall–Kier alpha value is -1.87. The number of halogens is 1. The van der Waals surface area contributed by atoms with E-state index >= 15 is 0 Å². The molecule has 1 amide bonds. The Kier molecular flexibility index (Phi) is 4.74. The Bertz CT molecular complexity index is 637. The van der Waals surface area contributed by atoms with Crippen LogP contribution in [0.4, 0.5) is 0 Å². The van der Waals surface area contributed by atoms with Crippen LogP contribution in [0.5, 0.6) is 0 Å². The summed E-state index contributed by atoms with van der Waals surface area (Å²) in [5.41, 5.74) is 1.88. The fraction of sp³-hybridized carbons (Fsp3) is 0.333. The third kappa shape index (κ3) is 3.47. The maximum Gasteiger partial charge on any atom is 0.256 e. The maximum atomic E-state index is 12.5. The largest absolute Gasteiger partial charge is 0.339 e. The topological polar surface area (TPSA) is 33.2 Å². The van der Waals surface area contributed by atoms with E-state index < -0.39 is 0 Å². The van der Waals surface area contributed by atoms with Crippen molar-refractivity contribution in [3.05, 3.63) is 64.9 Å². The van der Waals surface area contributed by atoms with Crippen LogP contribution in [0.25, 0.3) is 0 Å². The van der Waals surface area contributed by atoms with Crippen molar-refractivity contribution < 1.29 is 4.79 Å². The fourth-order valence-corrected chi connectivity index (χ4v) is 3.20. The zero-order valence-corrected chi connectivity index (χ0v) is 13.2. The van der Waals surface area contributed by atoms with Crippen LogP contribution in [0.15, 0.2) is 48.7 Å². The van der Waals surface area contributed by atoms with Crippen molar-refractivity contribution in [2.75, 3.05) is 13.1 Å². The van der Waals surface area contributed by atoms with Crippen LogP contribution >= 0.6 is 11.6 Å². The number of nitrogens with zero attached hydrogens (tertiary/aromatic N) is 2. The number of carbonyl (C=O) groups is 1. The van der Waals surface area contributed by atoms with E-state index in [-0.39, 0.29) is 5.91 Å². The second kappa shape index (κ2) is 6.93. The number of likely N-dealkylation sites (tertiary alicyclic amines) is 1. The van der Waals surface area contributed by atoms with Crippen LogP contribution in [0.2, 0.25) is 5.15 Å². The lowest BCUT2D eigenvalue weighted by Crippen LogP contribution is -2.39. The molecule has 0 bridgehead atoms. The molecule has 0 radical (unpaired) electrons. The fourth-order valence-electron chi connectivity index (χ4n) is 3.00. The molecule has 3 rings (SSSR count). The van der Waals surface area contributed by atoms with E-state index in [4.69, 9.17) is 11.6 Å². The highest BCUT2D eigenvalue weighted by molar-refractivity contribution is 6.32. The summed E-state index contributed by atoms with van der Waals surface area (Å²) in [6.07, 6.45) is 4.78. The number of piperidine rings is 1. The number of benzene rings is 1. The van der Waals surface area contributed by atoms with E-state index in [1.54, 1.807) is 18.3 Å². The number of carbonyl (C=O) groups excluding carboxylic acids is 1. The zero-order valence-electron chi connectivity index (χ0n) is 12.4. The Balaban J connectivity index is 1.58. The molecule has 0 N–H and O–H groups in total. The summed E-state index contributed by atoms with van der Waals surface area (Å²) in [5, 5.41) is 0.291. The molecule has 3 nitrogen and oxygen atoms in total. The van der Waals surface area contributed by atoms with Crippen molar-refractivity contribution in [3.63, 3.8) is 0 Å². The second-order valence-corrected chi connectivity index (χ2v) is 6.13. The first-order valence-corrected chi connectivity index (χ1v) is 8.05. The van der Waals surface area contributed by atoms with Crippen molar-refractivity contribution >= 4 is 17.5 Å². The second-order valence-electron chi connectivity index (χ2n) is 5.77. The van der Waals surface area contributed by atoms with Gasteiger partial charge in [-0.3, -0.25) is 4.79 Å². The monoisotopic (exact) mass is 314 g/mol. The van der Waals surface area contributed by atoms with E-state index in [1.165, 1.54) is 5.56 Å². The lowest BCUT2D eigenvalue weighted by Gasteiger charge is -2.32. The van der Waals surface area contributed by atoms with Crippen molar-refractivity contribution in [3.8, 4) is 0 Å². The van der Waals surface area contributed by atoms with Crippen LogP contribution in [0.3, 0.4) is 0 Å². The van der Waals surface area contributed by atoms with Gasteiger partial charge in [-0.15, -0.1) is 0 Å². The van der Waals surface area contributed by atoms with Crippen LogP contribution in [-0.4, -0.2) is 28.9 Å². The highest BCUT2D eigenvalue weighted by Crippen LogP contribution is 2.24. The molecule has 1 aromatic heterocycles. The molecule has 0 saturated carbocycles. The van der Waals surface area contributed by atoms with Gasteiger partial charge in [0.15, 0.2) is 0 Å². The first kappa shape index (κ1) is 15.0. The van der Waals surface area contributed by atoms with E-state index in [2.05, 4.69) is 29.2 Å². The van der Waals surface area contributed by atoms with E-state index in [1.807, 2.05) is 11.0 Å². The highest BCUT2D eigenvalue weighted by atomic mass is 35.5. The van der Waals surface area contributed by atoms with Crippen molar-refractivity contribution in [2.45, 2.75) is 19.3 Å². The Labute approximate surface area is 135 Å². The molecule has 0 spiro atoms. The van der Waals surface area contributed by atoms with Gasteiger partial charge in [0.2, 0.25) is 0 Å². The summed E-state index contributed by atoms with van der Waals surface area (Å²) in [5.74, 6) is 0.645. The number of aromatic nitrogens is 1. The Morgan fingerprint density at radius 1 is 1.14 bits per heavy atom. The van der Waals surface area contributed by atoms with Gasteiger partial charge >= 0.3 is 0 Å². The first-order chi connectivity index (χ1) is 10.7.